The minimum absolute atomic E-state index is 0.00968. The summed E-state index contributed by atoms with van der Waals surface area (Å²) in [4.78, 5) is 16.2. The van der Waals surface area contributed by atoms with Gasteiger partial charge >= 0.3 is 0 Å². The lowest BCUT2D eigenvalue weighted by atomic mass is 9.93. The van der Waals surface area contributed by atoms with Crippen molar-refractivity contribution in [1.82, 2.24) is 4.98 Å². The van der Waals surface area contributed by atoms with E-state index in [4.69, 9.17) is 5.73 Å². The van der Waals surface area contributed by atoms with Crippen molar-refractivity contribution in [3.63, 3.8) is 0 Å². The molecule has 2 N–H and O–H groups in total. The molecule has 1 aromatic heterocycles. The van der Waals surface area contributed by atoms with Gasteiger partial charge in [-0.3, -0.25) is 4.79 Å². The van der Waals surface area contributed by atoms with Crippen LogP contribution in [0.25, 0.3) is 0 Å². The Hall–Kier alpha value is -0.740. The minimum Gasteiger partial charge on any atom is -0.327 e. The standard InChI is InChI=1S/C13H22N2OS/c1-5-9(14)6-10(16)7-12-15-11(8-17-12)13(2,3)4/h8-9H,5-7,14H2,1-4H3. The van der Waals surface area contributed by atoms with Crippen molar-refractivity contribution in [1.29, 1.82) is 0 Å². The fraction of sp³-hybridized carbons (Fsp3) is 0.692. The highest BCUT2D eigenvalue weighted by Crippen LogP contribution is 2.24. The largest absolute Gasteiger partial charge is 0.327 e. The first-order valence-electron chi connectivity index (χ1n) is 6.05. The number of carbonyl (C=O) groups excluding carboxylic acids is 1. The summed E-state index contributed by atoms with van der Waals surface area (Å²) >= 11 is 1.57. The number of ketones is 1. The first-order chi connectivity index (χ1) is 7.82. The predicted molar refractivity (Wildman–Crippen MR) is 72.4 cm³/mol. The number of hydrogen-bond donors (Lipinski definition) is 1. The van der Waals surface area contributed by atoms with Crippen molar-refractivity contribution in [3.8, 4) is 0 Å². The van der Waals surface area contributed by atoms with E-state index in [0.29, 0.717) is 12.8 Å². The Kier molecular flexibility index (Phi) is 4.83. The maximum Gasteiger partial charge on any atom is 0.141 e. The molecule has 0 aliphatic rings. The van der Waals surface area contributed by atoms with Crippen molar-refractivity contribution < 1.29 is 4.79 Å². The summed E-state index contributed by atoms with van der Waals surface area (Å²) in [5.74, 6) is 0.189. The molecule has 1 unspecified atom stereocenters. The zero-order valence-corrected chi connectivity index (χ0v) is 11.9. The summed E-state index contributed by atoms with van der Waals surface area (Å²) in [6, 6.07) is -0.00968. The molecule has 4 heteroatoms. The molecule has 0 saturated heterocycles. The van der Waals surface area contributed by atoms with Crippen LogP contribution in [0.5, 0.6) is 0 Å². The summed E-state index contributed by atoms with van der Waals surface area (Å²) in [5, 5.41) is 2.95. The zero-order valence-electron chi connectivity index (χ0n) is 11.1. The highest BCUT2D eigenvalue weighted by Gasteiger charge is 2.18. The van der Waals surface area contributed by atoms with Crippen molar-refractivity contribution in [3.05, 3.63) is 16.1 Å². The van der Waals surface area contributed by atoms with Crippen LogP contribution >= 0.6 is 11.3 Å². The fourth-order valence-electron chi connectivity index (χ4n) is 1.41. The Bertz CT molecular complexity index is 379. The minimum atomic E-state index is -0.00968. The molecule has 17 heavy (non-hydrogen) atoms. The van der Waals surface area contributed by atoms with Crippen molar-refractivity contribution in [2.45, 2.75) is 58.4 Å². The molecule has 0 spiro atoms. The van der Waals surface area contributed by atoms with Crippen molar-refractivity contribution in [2.75, 3.05) is 0 Å². The molecule has 0 bridgehead atoms. The lowest BCUT2D eigenvalue weighted by molar-refractivity contribution is -0.118. The van der Waals surface area contributed by atoms with E-state index < -0.39 is 0 Å². The van der Waals surface area contributed by atoms with Crippen molar-refractivity contribution in [2.24, 2.45) is 5.73 Å². The molecular weight excluding hydrogens is 232 g/mol. The van der Waals surface area contributed by atoms with Crippen LogP contribution in [-0.4, -0.2) is 16.8 Å². The Morgan fingerprint density at radius 1 is 1.53 bits per heavy atom. The smallest absolute Gasteiger partial charge is 0.141 e. The van der Waals surface area contributed by atoms with E-state index in [0.717, 1.165) is 17.1 Å². The van der Waals surface area contributed by atoms with E-state index in [-0.39, 0.29) is 17.2 Å². The van der Waals surface area contributed by atoms with Crippen molar-refractivity contribution >= 4 is 17.1 Å². The number of nitrogens with two attached hydrogens (primary N) is 1. The fourth-order valence-corrected chi connectivity index (χ4v) is 2.46. The normalized spacial score (nSPS) is 13.7. The third-order valence-corrected chi connectivity index (χ3v) is 3.53. The zero-order chi connectivity index (χ0) is 13.1. The van der Waals surface area contributed by atoms with E-state index in [2.05, 4.69) is 25.8 Å². The number of nitrogens with zero attached hydrogens (tertiary/aromatic N) is 1. The van der Waals surface area contributed by atoms with Gasteiger partial charge in [-0.1, -0.05) is 27.7 Å². The number of rotatable bonds is 5. The number of Topliss-reactive ketones (excluding diaryl/α,β-unsaturated/α-hetero) is 1. The number of aromatic nitrogens is 1. The average Bonchev–Trinajstić information content (AvgIpc) is 2.65. The summed E-state index contributed by atoms with van der Waals surface area (Å²) in [5.41, 5.74) is 6.88. The van der Waals surface area contributed by atoms with Crippen LogP contribution in [0, 0.1) is 0 Å². The van der Waals surface area contributed by atoms with Crippen LogP contribution in [-0.2, 0) is 16.6 Å². The average molecular weight is 254 g/mol. The molecular formula is C13H22N2OS. The predicted octanol–water partition coefficient (Wildman–Crippen LogP) is 2.68. The monoisotopic (exact) mass is 254 g/mol. The molecule has 96 valence electrons. The highest BCUT2D eigenvalue weighted by molar-refractivity contribution is 7.09. The molecule has 1 rings (SSSR count). The van der Waals surface area contributed by atoms with Crippen LogP contribution in [0.15, 0.2) is 5.38 Å². The second-order valence-electron chi connectivity index (χ2n) is 5.46. The molecule has 0 aromatic carbocycles. The summed E-state index contributed by atoms with van der Waals surface area (Å²) < 4.78 is 0. The summed E-state index contributed by atoms with van der Waals surface area (Å²) in [6.45, 7) is 8.38. The second-order valence-corrected chi connectivity index (χ2v) is 6.41. The Labute approximate surface area is 107 Å². The molecule has 0 aliphatic heterocycles. The van der Waals surface area contributed by atoms with E-state index in [9.17, 15) is 4.79 Å². The van der Waals surface area contributed by atoms with Gasteiger partial charge in [0.25, 0.3) is 0 Å². The van der Waals surface area contributed by atoms with Gasteiger partial charge < -0.3 is 5.73 Å². The first-order valence-corrected chi connectivity index (χ1v) is 6.93. The molecule has 3 nitrogen and oxygen atoms in total. The molecule has 0 saturated carbocycles. The Balaban J connectivity index is 2.58. The lowest BCUT2D eigenvalue weighted by Gasteiger charge is -2.14. The van der Waals surface area contributed by atoms with Gasteiger partial charge in [-0.15, -0.1) is 11.3 Å². The lowest BCUT2D eigenvalue weighted by Crippen LogP contribution is -2.23. The van der Waals surface area contributed by atoms with Gasteiger partial charge in [0.1, 0.15) is 10.8 Å². The number of thiazole rings is 1. The molecule has 0 radical (unpaired) electrons. The van der Waals surface area contributed by atoms with Crippen LogP contribution in [0.4, 0.5) is 0 Å². The van der Waals surface area contributed by atoms with Gasteiger partial charge in [-0.05, 0) is 6.42 Å². The van der Waals surface area contributed by atoms with Gasteiger partial charge in [-0.2, -0.15) is 0 Å². The van der Waals surface area contributed by atoms with Gasteiger partial charge in [0.2, 0.25) is 0 Å². The van der Waals surface area contributed by atoms with Crippen LogP contribution < -0.4 is 5.73 Å². The highest BCUT2D eigenvalue weighted by atomic mass is 32.1. The second kappa shape index (κ2) is 5.74. The number of hydrogen-bond acceptors (Lipinski definition) is 4. The molecule has 0 aliphatic carbocycles. The molecule has 1 heterocycles. The molecule has 0 fully saturated rings. The third-order valence-electron chi connectivity index (χ3n) is 2.68. The van der Waals surface area contributed by atoms with Crippen LogP contribution in [0.3, 0.4) is 0 Å². The van der Waals surface area contributed by atoms with E-state index in [1.54, 1.807) is 11.3 Å². The summed E-state index contributed by atoms with van der Waals surface area (Å²) in [7, 11) is 0. The van der Waals surface area contributed by atoms with E-state index in [1.165, 1.54) is 0 Å². The molecule has 1 atom stereocenters. The Morgan fingerprint density at radius 3 is 2.65 bits per heavy atom. The van der Waals surface area contributed by atoms with Gasteiger partial charge in [0.15, 0.2) is 0 Å². The SMILES string of the molecule is CCC(N)CC(=O)Cc1nc(C(C)(C)C)cs1. The van der Waals surface area contributed by atoms with Crippen LogP contribution in [0.1, 0.15) is 51.2 Å². The first kappa shape index (κ1) is 14.3. The maximum atomic E-state index is 11.7. The third kappa shape index (κ3) is 4.56. The molecule has 1 aromatic rings. The van der Waals surface area contributed by atoms with E-state index in [1.807, 2.05) is 12.3 Å². The maximum absolute atomic E-state index is 11.7. The number of carbonyl (C=O) groups is 1. The van der Waals surface area contributed by atoms with Crippen LogP contribution in [0.2, 0.25) is 0 Å². The quantitative estimate of drug-likeness (QED) is 0.879. The van der Waals surface area contributed by atoms with Gasteiger partial charge in [0.05, 0.1) is 12.1 Å². The Morgan fingerprint density at radius 2 is 2.18 bits per heavy atom. The van der Waals surface area contributed by atoms with Gasteiger partial charge in [0, 0.05) is 23.3 Å². The molecule has 0 amide bonds. The van der Waals surface area contributed by atoms with Gasteiger partial charge in [-0.25, -0.2) is 4.98 Å². The summed E-state index contributed by atoms with van der Waals surface area (Å²) in [6.07, 6.45) is 1.73. The topological polar surface area (TPSA) is 56.0 Å². The van der Waals surface area contributed by atoms with E-state index >= 15 is 0 Å².